The first-order valence-electron chi connectivity index (χ1n) is 2.78. The van der Waals surface area contributed by atoms with Gasteiger partial charge in [0.2, 0.25) is 0 Å². The summed E-state index contributed by atoms with van der Waals surface area (Å²) < 4.78 is 19.2. The van der Waals surface area contributed by atoms with Crippen LogP contribution in [0.15, 0.2) is 17.5 Å². The Labute approximate surface area is 70.6 Å². The highest BCUT2D eigenvalue weighted by molar-refractivity contribution is 7.79. The molecule has 1 aromatic heterocycles. The Bertz CT molecular complexity index is 288. The molecule has 1 heterocycles. The minimum absolute atomic E-state index is 0.633. The van der Waals surface area contributed by atoms with Crippen molar-refractivity contribution in [3.8, 4) is 6.07 Å². The molecule has 5 heteroatoms. The molecule has 0 aromatic carbocycles. The molecule has 0 bridgehead atoms. The molecule has 0 saturated carbocycles. The summed E-state index contributed by atoms with van der Waals surface area (Å²) in [5, 5.41) is 9.35. The molecular weight excluding hydrogens is 182 g/mol. The Kier molecular flexibility index (Phi) is 2.76. The van der Waals surface area contributed by atoms with Crippen LogP contribution in [0.3, 0.4) is 0 Å². The van der Waals surface area contributed by atoms with Crippen molar-refractivity contribution < 1.29 is 8.76 Å². The van der Waals surface area contributed by atoms with Crippen molar-refractivity contribution >= 4 is 22.4 Å². The van der Waals surface area contributed by atoms with Gasteiger partial charge in [-0.1, -0.05) is 6.07 Å². The summed E-state index contributed by atoms with van der Waals surface area (Å²) in [5.41, 5.74) is 0. The molecule has 0 aliphatic heterocycles. The number of hydrogen-bond acceptors (Lipinski definition) is 3. The molecule has 3 nitrogen and oxygen atoms in total. The summed E-state index contributed by atoms with van der Waals surface area (Å²) in [6, 6.07) is 5.18. The first-order valence-corrected chi connectivity index (χ1v) is 4.83. The molecule has 11 heavy (non-hydrogen) atoms. The lowest BCUT2D eigenvalue weighted by molar-refractivity contribution is 0.559. The largest absolute Gasteiger partial charge is 0.305 e. The third kappa shape index (κ3) is 1.87. The molecule has 1 rings (SSSR count). The van der Waals surface area contributed by atoms with Gasteiger partial charge in [-0.25, -0.2) is 4.21 Å². The van der Waals surface area contributed by atoms with Crippen molar-refractivity contribution in [3.05, 3.63) is 22.4 Å². The molecule has 1 N–H and O–H groups in total. The van der Waals surface area contributed by atoms with Crippen molar-refractivity contribution in [1.29, 1.82) is 5.26 Å². The van der Waals surface area contributed by atoms with Crippen molar-refractivity contribution in [2.45, 2.75) is 5.25 Å². The Morgan fingerprint density at radius 1 is 1.82 bits per heavy atom. The van der Waals surface area contributed by atoms with E-state index in [9.17, 15) is 4.21 Å². The summed E-state index contributed by atoms with van der Waals surface area (Å²) >= 11 is -0.775. The molecule has 0 spiro atoms. The second kappa shape index (κ2) is 3.62. The third-order valence-corrected chi connectivity index (χ3v) is 2.97. The van der Waals surface area contributed by atoms with Crippen LogP contribution < -0.4 is 0 Å². The summed E-state index contributed by atoms with van der Waals surface area (Å²) in [7, 11) is 0. The first kappa shape index (κ1) is 8.40. The maximum atomic E-state index is 10.5. The normalized spacial score (nSPS) is 15.3. The minimum Gasteiger partial charge on any atom is -0.305 e. The van der Waals surface area contributed by atoms with E-state index in [4.69, 9.17) is 9.81 Å². The topological polar surface area (TPSA) is 61.1 Å². The predicted octanol–water partition coefficient (Wildman–Crippen LogP) is 1.53. The highest BCUT2D eigenvalue weighted by Gasteiger charge is 2.16. The van der Waals surface area contributed by atoms with Crippen molar-refractivity contribution in [1.82, 2.24) is 0 Å². The number of nitriles is 1. The number of rotatable bonds is 2. The van der Waals surface area contributed by atoms with Crippen LogP contribution in [0.25, 0.3) is 0 Å². The van der Waals surface area contributed by atoms with Gasteiger partial charge in [-0.15, -0.1) is 11.3 Å². The van der Waals surface area contributed by atoms with Crippen LogP contribution in [0.2, 0.25) is 0 Å². The van der Waals surface area contributed by atoms with Gasteiger partial charge >= 0.3 is 0 Å². The standard InChI is InChI=1S/C6H5NO2S2/c7-4-6(11(8)9)5-2-1-3-10-5/h1-3,6H,(H,8,9). The van der Waals surface area contributed by atoms with Gasteiger partial charge in [0.25, 0.3) is 0 Å². The monoisotopic (exact) mass is 187 g/mol. The van der Waals surface area contributed by atoms with Crippen LogP contribution in [-0.2, 0) is 11.1 Å². The van der Waals surface area contributed by atoms with E-state index in [-0.39, 0.29) is 0 Å². The number of nitrogens with zero attached hydrogens (tertiary/aromatic N) is 1. The lowest BCUT2D eigenvalue weighted by atomic mass is 10.4. The fourth-order valence-electron chi connectivity index (χ4n) is 0.649. The Morgan fingerprint density at radius 3 is 2.91 bits per heavy atom. The maximum absolute atomic E-state index is 10.5. The van der Waals surface area contributed by atoms with Crippen LogP contribution in [-0.4, -0.2) is 8.76 Å². The smallest absolute Gasteiger partial charge is 0.181 e. The van der Waals surface area contributed by atoms with Crippen LogP contribution in [0.4, 0.5) is 0 Å². The third-order valence-electron chi connectivity index (χ3n) is 1.12. The molecule has 2 atom stereocenters. The second-order valence-corrected chi connectivity index (χ2v) is 3.80. The quantitative estimate of drug-likeness (QED) is 0.714. The van der Waals surface area contributed by atoms with Crippen LogP contribution in [0, 0.1) is 11.3 Å². The SMILES string of the molecule is N#CC(c1cccs1)S(=O)O. The van der Waals surface area contributed by atoms with Gasteiger partial charge in [0.15, 0.2) is 16.3 Å². The van der Waals surface area contributed by atoms with E-state index in [1.165, 1.54) is 11.3 Å². The molecule has 0 saturated heterocycles. The minimum atomic E-state index is -2.08. The van der Waals surface area contributed by atoms with Crippen molar-refractivity contribution in [2.75, 3.05) is 0 Å². The molecule has 0 fully saturated rings. The van der Waals surface area contributed by atoms with Gasteiger partial charge in [0, 0.05) is 4.88 Å². The van der Waals surface area contributed by atoms with Crippen LogP contribution in [0.1, 0.15) is 10.1 Å². The van der Waals surface area contributed by atoms with Gasteiger partial charge in [-0.05, 0) is 11.4 Å². The number of hydrogen-bond donors (Lipinski definition) is 1. The van der Waals surface area contributed by atoms with Gasteiger partial charge in [-0.2, -0.15) is 5.26 Å². The average Bonchev–Trinajstić information content (AvgIpc) is 2.40. The average molecular weight is 187 g/mol. The van der Waals surface area contributed by atoms with Crippen molar-refractivity contribution in [2.24, 2.45) is 0 Å². The fraction of sp³-hybridized carbons (Fsp3) is 0.167. The maximum Gasteiger partial charge on any atom is 0.181 e. The fourth-order valence-corrected chi connectivity index (χ4v) is 2.08. The van der Waals surface area contributed by atoms with E-state index in [0.29, 0.717) is 4.88 Å². The molecule has 0 aliphatic rings. The van der Waals surface area contributed by atoms with Crippen molar-refractivity contribution in [3.63, 3.8) is 0 Å². The molecule has 0 amide bonds. The molecule has 0 radical (unpaired) electrons. The van der Waals surface area contributed by atoms with E-state index in [1.807, 2.05) is 0 Å². The van der Waals surface area contributed by atoms with E-state index in [0.717, 1.165) is 0 Å². The molecule has 2 unspecified atom stereocenters. The van der Waals surface area contributed by atoms with Crippen LogP contribution in [0.5, 0.6) is 0 Å². The molecule has 1 aromatic rings. The lowest BCUT2D eigenvalue weighted by Gasteiger charge is -1.97. The van der Waals surface area contributed by atoms with E-state index >= 15 is 0 Å². The van der Waals surface area contributed by atoms with Gasteiger partial charge in [0.1, 0.15) is 0 Å². The Balaban J connectivity index is 2.91. The van der Waals surface area contributed by atoms with Gasteiger partial charge in [-0.3, -0.25) is 0 Å². The lowest BCUT2D eigenvalue weighted by Crippen LogP contribution is -1.99. The van der Waals surface area contributed by atoms with Gasteiger partial charge in [0.05, 0.1) is 6.07 Å². The highest BCUT2D eigenvalue weighted by atomic mass is 32.2. The first-order chi connectivity index (χ1) is 5.25. The predicted molar refractivity (Wildman–Crippen MR) is 43.4 cm³/mol. The van der Waals surface area contributed by atoms with Gasteiger partial charge < -0.3 is 4.55 Å². The zero-order valence-electron chi connectivity index (χ0n) is 5.43. The number of thiophene rings is 1. The molecular formula is C6H5NO2S2. The highest BCUT2D eigenvalue weighted by Crippen LogP contribution is 2.22. The van der Waals surface area contributed by atoms with E-state index in [2.05, 4.69) is 0 Å². The zero-order valence-corrected chi connectivity index (χ0v) is 7.06. The summed E-state index contributed by atoms with van der Waals surface area (Å²) in [4.78, 5) is 0.633. The molecule has 58 valence electrons. The Hall–Kier alpha value is -0.700. The van der Waals surface area contributed by atoms with E-state index < -0.39 is 16.3 Å². The Morgan fingerprint density at radius 2 is 2.55 bits per heavy atom. The zero-order chi connectivity index (χ0) is 8.27. The van der Waals surface area contributed by atoms with E-state index in [1.54, 1.807) is 23.6 Å². The van der Waals surface area contributed by atoms with Crippen LogP contribution >= 0.6 is 11.3 Å². The molecule has 0 aliphatic carbocycles. The summed E-state index contributed by atoms with van der Waals surface area (Å²) in [6.07, 6.45) is 0. The second-order valence-electron chi connectivity index (χ2n) is 1.80. The summed E-state index contributed by atoms with van der Waals surface area (Å²) in [5.74, 6) is 0. The summed E-state index contributed by atoms with van der Waals surface area (Å²) in [6.45, 7) is 0.